The summed E-state index contributed by atoms with van der Waals surface area (Å²) in [6.45, 7) is 4.54. The normalized spacial score (nSPS) is 11.6. The lowest BCUT2D eigenvalue weighted by Crippen LogP contribution is -2.17. The standard InChI is InChI=1S/C22H17F3N4O4S2/c1-4-33-21(32)17-10(2)18(11(3)30)35-20(17)27-19(31)13-9-16-26-12(14-6-5-7-34-14)8-15(22(23,24)25)29(16)28-13/h5-9H,4H2,1-3H3,(H,27,31). The van der Waals surface area contributed by atoms with Crippen LogP contribution in [0.4, 0.5) is 18.2 Å². The van der Waals surface area contributed by atoms with Crippen LogP contribution in [0.3, 0.4) is 0 Å². The van der Waals surface area contributed by atoms with E-state index in [9.17, 15) is 27.6 Å². The van der Waals surface area contributed by atoms with Gasteiger partial charge in [-0.15, -0.1) is 22.7 Å². The lowest BCUT2D eigenvalue weighted by atomic mass is 10.1. The van der Waals surface area contributed by atoms with Crippen LogP contribution < -0.4 is 5.32 Å². The van der Waals surface area contributed by atoms with Gasteiger partial charge in [0.2, 0.25) is 0 Å². The zero-order chi connectivity index (χ0) is 25.5. The lowest BCUT2D eigenvalue weighted by molar-refractivity contribution is -0.142. The average Bonchev–Trinajstić information content (AvgIpc) is 3.51. The molecule has 13 heteroatoms. The molecule has 0 atom stereocenters. The Kier molecular flexibility index (Phi) is 6.47. The number of nitrogens with one attached hydrogen (secondary N) is 1. The summed E-state index contributed by atoms with van der Waals surface area (Å²) in [5.74, 6) is -1.92. The molecule has 0 aromatic carbocycles. The maximum Gasteiger partial charge on any atom is 0.433 e. The molecule has 1 amide bonds. The van der Waals surface area contributed by atoms with Crippen molar-refractivity contribution in [1.82, 2.24) is 14.6 Å². The first-order valence-corrected chi connectivity index (χ1v) is 11.9. The van der Waals surface area contributed by atoms with Crippen LogP contribution in [0.1, 0.15) is 55.6 Å². The van der Waals surface area contributed by atoms with Crippen molar-refractivity contribution < 1.29 is 32.3 Å². The van der Waals surface area contributed by atoms with E-state index < -0.39 is 23.7 Å². The molecule has 4 rings (SSSR count). The van der Waals surface area contributed by atoms with Crippen LogP contribution in [0.15, 0.2) is 29.6 Å². The maximum atomic E-state index is 13.8. The molecule has 182 valence electrons. The van der Waals surface area contributed by atoms with E-state index in [0.29, 0.717) is 15.0 Å². The van der Waals surface area contributed by atoms with Gasteiger partial charge in [-0.25, -0.2) is 14.3 Å². The third kappa shape index (κ3) is 4.68. The minimum absolute atomic E-state index is 0.00764. The van der Waals surface area contributed by atoms with Gasteiger partial charge in [0.1, 0.15) is 5.00 Å². The number of esters is 1. The molecule has 8 nitrogen and oxygen atoms in total. The second-order valence-corrected chi connectivity index (χ2v) is 9.26. The molecule has 4 aromatic heterocycles. The van der Waals surface area contributed by atoms with Crippen molar-refractivity contribution in [2.24, 2.45) is 0 Å². The van der Waals surface area contributed by atoms with Crippen LogP contribution >= 0.6 is 22.7 Å². The number of nitrogens with zero attached hydrogens (tertiary/aromatic N) is 3. The summed E-state index contributed by atoms with van der Waals surface area (Å²) >= 11 is 2.10. The van der Waals surface area contributed by atoms with Gasteiger partial charge < -0.3 is 10.1 Å². The summed E-state index contributed by atoms with van der Waals surface area (Å²) in [5.41, 5.74) is -1.18. The molecular formula is C22H17F3N4O4S2. The number of Topliss-reactive ketones (excluding diaryl/α,β-unsaturated/α-hetero) is 1. The third-order valence-corrected chi connectivity index (χ3v) is 7.10. The minimum atomic E-state index is -4.76. The average molecular weight is 523 g/mol. The number of amides is 1. The molecule has 35 heavy (non-hydrogen) atoms. The Labute approximate surface area is 204 Å². The first kappa shape index (κ1) is 24.5. The summed E-state index contributed by atoms with van der Waals surface area (Å²) in [7, 11) is 0. The zero-order valence-electron chi connectivity index (χ0n) is 18.5. The van der Waals surface area contributed by atoms with E-state index in [-0.39, 0.29) is 44.9 Å². The third-order valence-electron chi connectivity index (χ3n) is 4.90. The Morgan fingerprint density at radius 3 is 2.57 bits per heavy atom. The van der Waals surface area contributed by atoms with E-state index in [4.69, 9.17) is 4.74 Å². The first-order chi connectivity index (χ1) is 16.5. The summed E-state index contributed by atoms with van der Waals surface area (Å²) in [6, 6.07) is 5.32. The Morgan fingerprint density at radius 2 is 1.97 bits per heavy atom. The van der Waals surface area contributed by atoms with Crippen LogP contribution in [0.25, 0.3) is 16.2 Å². The minimum Gasteiger partial charge on any atom is -0.462 e. The van der Waals surface area contributed by atoms with Crippen LogP contribution in [-0.4, -0.2) is 38.9 Å². The van der Waals surface area contributed by atoms with Gasteiger partial charge in [-0.3, -0.25) is 9.59 Å². The van der Waals surface area contributed by atoms with Crippen molar-refractivity contribution in [2.45, 2.75) is 26.9 Å². The summed E-state index contributed by atoms with van der Waals surface area (Å²) < 4.78 is 46.9. The number of thiophene rings is 2. The topological polar surface area (TPSA) is 103 Å². The number of carbonyl (C=O) groups is 3. The number of ether oxygens (including phenoxy) is 1. The number of anilines is 1. The molecule has 0 unspecified atom stereocenters. The molecule has 0 aliphatic rings. The molecule has 0 fully saturated rings. The number of hydrogen-bond acceptors (Lipinski definition) is 8. The molecule has 0 aliphatic carbocycles. The molecule has 0 spiro atoms. The van der Waals surface area contributed by atoms with Crippen molar-refractivity contribution >= 4 is 51.0 Å². The van der Waals surface area contributed by atoms with E-state index in [1.807, 2.05) is 0 Å². The van der Waals surface area contributed by atoms with E-state index in [1.165, 1.54) is 18.3 Å². The van der Waals surface area contributed by atoms with Crippen LogP contribution in [0, 0.1) is 6.92 Å². The van der Waals surface area contributed by atoms with E-state index in [0.717, 1.165) is 23.5 Å². The highest BCUT2D eigenvalue weighted by atomic mass is 32.1. The summed E-state index contributed by atoms with van der Waals surface area (Å²) in [5, 5.41) is 8.06. The van der Waals surface area contributed by atoms with E-state index in [1.54, 1.807) is 31.4 Å². The van der Waals surface area contributed by atoms with Crippen LogP contribution in [-0.2, 0) is 10.9 Å². The second-order valence-electron chi connectivity index (χ2n) is 7.29. The van der Waals surface area contributed by atoms with Gasteiger partial charge >= 0.3 is 12.1 Å². The highest BCUT2D eigenvalue weighted by Crippen LogP contribution is 2.35. The van der Waals surface area contributed by atoms with Crippen molar-refractivity contribution in [1.29, 1.82) is 0 Å². The number of halogens is 3. The van der Waals surface area contributed by atoms with Gasteiger partial charge in [0, 0.05) is 6.07 Å². The molecule has 1 N–H and O–H groups in total. The predicted molar refractivity (Wildman–Crippen MR) is 124 cm³/mol. The Morgan fingerprint density at radius 1 is 1.23 bits per heavy atom. The number of rotatable bonds is 6. The Bertz CT molecular complexity index is 1460. The fraction of sp³-hybridized carbons (Fsp3) is 0.227. The number of fused-ring (bicyclic) bond motifs is 1. The predicted octanol–water partition coefficient (Wildman–Crippen LogP) is 5.48. The highest BCUT2D eigenvalue weighted by Gasteiger charge is 2.36. The van der Waals surface area contributed by atoms with Gasteiger partial charge in [0.15, 0.2) is 22.8 Å². The van der Waals surface area contributed by atoms with Crippen LogP contribution in [0.5, 0.6) is 0 Å². The molecule has 4 heterocycles. The fourth-order valence-electron chi connectivity index (χ4n) is 3.39. The lowest BCUT2D eigenvalue weighted by Gasteiger charge is -2.10. The highest BCUT2D eigenvalue weighted by molar-refractivity contribution is 7.18. The SMILES string of the molecule is CCOC(=O)c1c(NC(=O)c2cc3nc(-c4cccs4)cc(C(F)(F)F)n3n2)sc(C(C)=O)c1C. The first-order valence-electron chi connectivity index (χ1n) is 10.2. The van der Waals surface area contributed by atoms with Crippen molar-refractivity contribution in [2.75, 3.05) is 11.9 Å². The zero-order valence-corrected chi connectivity index (χ0v) is 20.2. The summed E-state index contributed by atoms with van der Waals surface area (Å²) in [4.78, 5) is 42.4. The smallest absolute Gasteiger partial charge is 0.433 e. The molecule has 0 bridgehead atoms. The van der Waals surface area contributed by atoms with Gasteiger partial charge in [-0.05, 0) is 43.8 Å². The van der Waals surface area contributed by atoms with Crippen molar-refractivity contribution in [3.8, 4) is 10.6 Å². The van der Waals surface area contributed by atoms with Crippen molar-refractivity contribution in [3.05, 3.63) is 57.0 Å². The van der Waals surface area contributed by atoms with Crippen molar-refractivity contribution in [3.63, 3.8) is 0 Å². The molecule has 0 saturated carbocycles. The molecule has 0 saturated heterocycles. The van der Waals surface area contributed by atoms with Gasteiger partial charge in [-0.2, -0.15) is 18.3 Å². The Balaban J connectivity index is 1.77. The Hall–Kier alpha value is -3.58. The second kappa shape index (κ2) is 9.23. The van der Waals surface area contributed by atoms with Gasteiger partial charge in [0.25, 0.3) is 5.91 Å². The van der Waals surface area contributed by atoms with E-state index in [2.05, 4.69) is 15.4 Å². The fourth-order valence-corrected chi connectivity index (χ4v) is 5.16. The largest absolute Gasteiger partial charge is 0.462 e. The number of carbonyl (C=O) groups excluding carboxylic acids is 3. The number of ketones is 1. The number of hydrogen-bond donors (Lipinski definition) is 1. The molecular weight excluding hydrogens is 505 g/mol. The number of alkyl halides is 3. The number of aromatic nitrogens is 3. The quantitative estimate of drug-likeness (QED) is 0.266. The summed E-state index contributed by atoms with van der Waals surface area (Å²) in [6.07, 6.45) is -4.76. The van der Waals surface area contributed by atoms with Gasteiger partial charge in [-0.1, -0.05) is 6.07 Å². The van der Waals surface area contributed by atoms with Crippen LogP contribution in [0.2, 0.25) is 0 Å². The molecule has 4 aromatic rings. The maximum absolute atomic E-state index is 13.8. The monoisotopic (exact) mass is 522 g/mol. The molecule has 0 aliphatic heterocycles. The van der Waals surface area contributed by atoms with E-state index >= 15 is 0 Å². The molecule has 0 radical (unpaired) electrons. The van der Waals surface area contributed by atoms with Gasteiger partial charge in [0.05, 0.1) is 27.6 Å².